The summed E-state index contributed by atoms with van der Waals surface area (Å²) in [4.78, 5) is 23.6. The van der Waals surface area contributed by atoms with Gasteiger partial charge in [0.25, 0.3) is 0 Å². The third-order valence-electron chi connectivity index (χ3n) is 4.44. The van der Waals surface area contributed by atoms with Crippen LogP contribution in [-0.4, -0.2) is 17.9 Å². The standard InChI is InChI=1S/C24H23NO4.Na/c26-23(16-18-7-3-1-4-8-18)25-22(24(27)28)15-19-11-13-21(14-12-19)29-17-20-9-5-2-6-10-20;/h1-14,22H,15-17H2,(H,25,26)(H,27,28);/q;+1/p-1. The molecule has 0 saturated carbocycles. The molecule has 0 saturated heterocycles. The topological polar surface area (TPSA) is 78.5 Å². The van der Waals surface area contributed by atoms with E-state index in [1.807, 2.05) is 60.7 Å². The smallest absolute Gasteiger partial charge is 0.548 e. The molecule has 1 N–H and O–H groups in total. The monoisotopic (exact) mass is 411 g/mol. The van der Waals surface area contributed by atoms with Crippen LogP contribution in [0.25, 0.3) is 0 Å². The van der Waals surface area contributed by atoms with Crippen LogP contribution < -0.4 is 44.7 Å². The van der Waals surface area contributed by atoms with Gasteiger partial charge in [-0.1, -0.05) is 72.8 Å². The number of carbonyl (C=O) groups excluding carboxylic acids is 2. The number of carboxylic acids is 1. The Labute approximate surface area is 198 Å². The van der Waals surface area contributed by atoms with Gasteiger partial charge in [-0.3, -0.25) is 4.79 Å². The molecule has 0 radical (unpaired) electrons. The van der Waals surface area contributed by atoms with E-state index in [0.29, 0.717) is 12.4 Å². The van der Waals surface area contributed by atoms with Crippen molar-refractivity contribution < 1.29 is 49.0 Å². The van der Waals surface area contributed by atoms with Crippen molar-refractivity contribution in [1.82, 2.24) is 5.32 Å². The molecule has 3 aromatic rings. The summed E-state index contributed by atoms with van der Waals surface area (Å²) < 4.78 is 5.73. The number of nitrogens with one attached hydrogen (secondary N) is 1. The van der Waals surface area contributed by atoms with Crippen LogP contribution >= 0.6 is 0 Å². The number of hydrogen-bond donors (Lipinski definition) is 1. The number of hydrogen-bond acceptors (Lipinski definition) is 4. The van der Waals surface area contributed by atoms with Crippen LogP contribution in [0, 0.1) is 0 Å². The van der Waals surface area contributed by atoms with Gasteiger partial charge in [-0.05, 0) is 35.2 Å². The second-order valence-electron chi connectivity index (χ2n) is 6.72. The predicted octanol–water partition coefficient (Wildman–Crippen LogP) is -0.710. The summed E-state index contributed by atoms with van der Waals surface area (Å²) in [5.74, 6) is -0.972. The van der Waals surface area contributed by atoms with Gasteiger partial charge in [0, 0.05) is 0 Å². The van der Waals surface area contributed by atoms with Crippen LogP contribution in [-0.2, 0) is 29.0 Å². The van der Waals surface area contributed by atoms with Crippen molar-refractivity contribution in [2.24, 2.45) is 0 Å². The minimum absolute atomic E-state index is 0. The molecule has 0 heterocycles. The van der Waals surface area contributed by atoms with Gasteiger partial charge < -0.3 is 20.0 Å². The molecule has 0 spiro atoms. The third kappa shape index (κ3) is 7.67. The molecule has 0 aromatic heterocycles. The van der Waals surface area contributed by atoms with Crippen molar-refractivity contribution in [3.05, 3.63) is 102 Å². The van der Waals surface area contributed by atoms with Crippen molar-refractivity contribution in [2.45, 2.75) is 25.5 Å². The first-order chi connectivity index (χ1) is 14.1. The maximum absolute atomic E-state index is 12.2. The molecule has 3 aromatic carbocycles. The van der Waals surface area contributed by atoms with Gasteiger partial charge >= 0.3 is 29.6 Å². The molecule has 3 rings (SSSR count). The average molecular weight is 411 g/mol. The molecule has 0 aliphatic rings. The molecular weight excluding hydrogens is 389 g/mol. The number of carboxylic acid groups (broad SMARTS) is 1. The first kappa shape index (κ1) is 23.7. The molecular formula is C24H22NNaO4. The Morgan fingerprint density at radius 2 is 1.37 bits per heavy atom. The summed E-state index contributed by atoms with van der Waals surface area (Å²) in [7, 11) is 0. The maximum Gasteiger partial charge on any atom is 1.00 e. The molecule has 148 valence electrons. The van der Waals surface area contributed by atoms with Crippen molar-refractivity contribution in [3.8, 4) is 5.75 Å². The molecule has 0 aliphatic carbocycles. The maximum atomic E-state index is 12.2. The normalized spacial score (nSPS) is 11.1. The Kier molecular flexibility index (Phi) is 9.61. The number of carbonyl (C=O) groups is 2. The summed E-state index contributed by atoms with van der Waals surface area (Å²) in [6, 6.07) is 25.1. The Morgan fingerprint density at radius 3 is 1.93 bits per heavy atom. The van der Waals surface area contributed by atoms with Crippen molar-refractivity contribution in [1.29, 1.82) is 0 Å². The van der Waals surface area contributed by atoms with E-state index in [-0.39, 0.29) is 48.3 Å². The molecule has 0 bridgehead atoms. The summed E-state index contributed by atoms with van der Waals surface area (Å²) in [5.41, 5.74) is 2.66. The van der Waals surface area contributed by atoms with Gasteiger partial charge in [-0.2, -0.15) is 0 Å². The quantitative estimate of drug-likeness (QED) is 0.472. The van der Waals surface area contributed by atoms with Crippen LogP contribution in [0.2, 0.25) is 0 Å². The third-order valence-corrected chi connectivity index (χ3v) is 4.44. The molecule has 0 aliphatic heterocycles. The molecule has 1 atom stereocenters. The zero-order valence-corrected chi connectivity index (χ0v) is 18.9. The largest absolute Gasteiger partial charge is 1.00 e. The predicted molar refractivity (Wildman–Crippen MR) is 108 cm³/mol. The Bertz CT molecular complexity index is 930. The van der Waals surface area contributed by atoms with Gasteiger partial charge in [0.05, 0.1) is 18.4 Å². The van der Waals surface area contributed by atoms with Crippen LogP contribution in [0.5, 0.6) is 5.75 Å². The SMILES string of the molecule is O=C(Cc1ccccc1)NC(Cc1ccc(OCc2ccccc2)cc1)C(=O)[O-].[Na+]. The molecule has 1 unspecified atom stereocenters. The first-order valence-corrected chi connectivity index (χ1v) is 9.40. The van der Waals surface area contributed by atoms with E-state index >= 15 is 0 Å². The average Bonchev–Trinajstić information content (AvgIpc) is 2.74. The molecule has 5 nitrogen and oxygen atoms in total. The zero-order valence-electron chi connectivity index (χ0n) is 16.9. The Balaban J connectivity index is 0.00000320. The minimum atomic E-state index is -1.31. The van der Waals surface area contributed by atoms with E-state index < -0.39 is 12.0 Å². The molecule has 1 amide bonds. The van der Waals surface area contributed by atoms with E-state index in [2.05, 4.69) is 5.32 Å². The number of amides is 1. The first-order valence-electron chi connectivity index (χ1n) is 9.40. The number of benzene rings is 3. The summed E-state index contributed by atoms with van der Waals surface area (Å²) in [6.45, 7) is 0.456. The van der Waals surface area contributed by atoms with Crippen molar-refractivity contribution in [2.75, 3.05) is 0 Å². The fraction of sp³-hybridized carbons (Fsp3) is 0.167. The Morgan fingerprint density at radius 1 is 0.800 bits per heavy atom. The fourth-order valence-corrected chi connectivity index (χ4v) is 2.92. The summed E-state index contributed by atoms with van der Waals surface area (Å²) in [6.07, 6.45) is 0.263. The van der Waals surface area contributed by atoms with Crippen molar-refractivity contribution in [3.63, 3.8) is 0 Å². The van der Waals surface area contributed by atoms with E-state index in [1.54, 1.807) is 24.3 Å². The van der Waals surface area contributed by atoms with E-state index in [1.165, 1.54) is 0 Å². The molecule has 0 fully saturated rings. The second kappa shape index (κ2) is 12.2. The molecule has 6 heteroatoms. The minimum Gasteiger partial charge on any atom is -0.548 e. The van der Waals surface area contributed by atoms with Crippen molar-refractivity contribution >= 4 is 11.9 Å². The summed E-state index contributed by atoms with van der Waals surface area (Å²) >= 11 is 0. The zero-order chi connectivity index (χ0) is 20.5. The van der Waals surface area contributed by atoms with Crippen LogP contribution in [0.3, 0.4) is 0 Å². The van der Waals surface area contributed by atoms with Gasteiger partial charge in [-0.15, -0.1) is 0 Å². The van der Waals surface area contributed by atoms with Gasteiger partial charge in [-0.25, -0.2) is 0 Å². The van der Waals surface area contributed by atoms with Gasteiger partial charge in [0.15, 0.2) is 0 Å². The number of ether oxygens (including phenoxy) is 1. The Hall–Kier alpha value is -2.60. The van der Waals surface area contributed by atoms with Crippen LogP contribution in [0.4, 0.5) is 0 Å². The van der Waals surface area contributed by atoms with Crippen LogP contribution in [0.1, 0.15) is 16.7 Å². The number of rotatable bonds is 9. The van der Waals surface area contributed by atoms with E-state index in [0.717, 1.165) is 16.7 Å². The molecule has 30 heavy (non-hydrogen) atoms. The van der Waals surface area contributed by atoms with E-state index in [4.69, 9.17) is 4.74 Å². The fourth-order valence-electron chi connectivity index (χ4n) is 2.92. The van der Waals surface area contributed by atoms with Gasteiger partial charge in [0.1, 0.15) is 12.4 Å². The van der Waals surface area contributed by atoms with Gasteiger partial charge in [0.2, 0.25) is 5.91 Å². The second-order valence-corrected chi connectivity index (χ2v) is 6.72. The number of aliphatic carboxylic acids is 1. The van der Waals surface area contributed by atoms with Crippen LogP contribution in [0.15, 0.2) is 84.9 Å². The van der Waals surface area contributed by atoms with E-state index in [9.17, 15) is 14.7 Å². The summed E-state index contributed by atoms with van der Waals surface area (Å²) in [5, 5.41) is 14.0.